The van der Waals surface area contributed by atoms with Gasteiger partial charge in [0.15, 0.2) is 0 Å². The molecule has 0 aromatic heterocycles. The quantitative estimate of drug-likeness (QED) is 0.299. The smallest absolute Gasteiger partial charge is 0.331 e. The van der Waals surface area contributed by atoms with Crippen molar-refractivity contribution in [2.75, 3.05) is 16.4 Å². The van der Waals surface area contributed by atoms with Gasteiger partial charge >= 0.3 is 5.97 Å². The third-order valence-electron chi connectivity index (χ3n) is 4.29. The summed E-state index contributed by atoms with van der Waals surface area (Å²) in [5.41, 5.74) is 1.15. The van der Waals surface area contributed by atoms with Crippen LogP contribution in [0.2, 0.25) is 0 Å². The van der Waals surface area contributed by atoms with Crippen molar-refractivity contribution in [1.82, 2.24) is 0 Å². The number of carbonyl (C=O) groups excluding carboxylic acids is 2. The molecule has 0 spiro atoms. The molecule has 0 atom stereocenters. The molecule has 0 saturated carbocycles. The zero-order chi connectivity index (χ0) is 23.6. The van der Waals surface area contributed by atoms with Crippen LogP contribution in [0.1, 0.15) is 6.92 Å². The molecule has 3 aromatic carbocycles. The number of anilines is 2. The van der Waals surface area contributed by atoms with Gasteiger partial charge in [0.2, 0.25) is 11.8 Å². The van der Waals surface area contributed by atoms with Gasteiger partial charge in [-0.05, 0) is 67.6 Å². The fourth-order valence-electron chi connectivity index (χ4n) is 2.65. The number of para-hydroxylation sites is 1. The van der Waals surface area contributed by atoms with E-state index in [4.69, 9.17) is 9.84 Å². The van der Waals surface area contributed by atoms with Gasteiger partial charge in [0.05, 0.1) is 5.75 Å². The van der Waals surface area contributed by atoms with Crippen molar-refractivity contribution in [1.29, 1.82) is 0 Å². The molecule has 33 heavy (non-hydrogen) atoms. The number of amides is 2. The van der Waals surface area contributed by atoms with E-state index in [1.165, 1.54) is 18.7 Å². The Hall–Kier alpha value is -4.04. The average Bonchev–Trinajstić information content (AvgIpc) is 2.80. The second-order valence-corrected chi connectivity index (χ2v) is 7.97. The van der Waals surface area contributed by atoms with Crippen molar-refractivity contribution in [3.05, 3.63) is 90.5 Å². The Morgan fingerprint density at radius 2 is 1.42 bits per heavy atom. The summed E-state index contributed by atoms with van der Waals surface area (Å²) in [6, 6.07) is 23.5. The maximum atomic E-state index is 12.3. The van der Waals surface area contributed by atoms with Crippen LogP contribution in [0.25, 0.3) is 0 Å². The fourth-order valence-corrected chi connectivity index (χ4v) is 3.35. The van der Waals surface area contributed by atoms with Crippen molar-refractivity contribution in [3.63, 3.8) is 0 Å². The van der Waals surface area contributed by atoms with Gasteiger partial charge in [0, 0.05) is 27.9 Å². The van der Waals surface area contributed by atoms with E-state index in [0.717, 1.165) is 16.7 Å². The molecule has 0 aliphatic carbocycles. The van der Waals surface area contributed by atoms with Gasteiger partial charge in [-0.2, -0.15) is 0 Å². The summed E-state index contributed by atoms with van der Waals surface area (Å²) in [7, 11) is 0. The third-order valence-corrected chi connectivity index (χ3v) is 5.31. The van der Waals surface area contributed by atoms with Crippen LogP contribution in [0, 0.1) is 0 Å². The zero-order valence-corrected chi connectivity index (χ0v) is 18.6. The standard InChI is InChI=1S/C25H22N2O5S/c1-17(25(30)31)15-23(28)26-19-9-13-22(14-10-19)33-16-24(29)27-18-7-11-21(12-8-18)32-20-5-3-2-4-6-20/h2-15H,16H2,1H3,(H,26,28)(H,27,29)(H,30,31)/b17-15+. The van der Waals surface area contributed by atoms with E-state index in [1.54, 1.807) is 48.5 Å². The molecule has 3 aromatic rings. The SMILES string of the molecule is C/C(=C\C(=O)Nc1ccc(SCC(=O)Nc2ccc(Oc3ccccc3)cc2)cc1)C(=O)O. The maximum Gasteiger partial charge on any atom is 0.331 e. The molecular weight excluding hydrogens is 440 g/mol. The molecule has 0 aliphatic rings. The van der Waals surface area contributed by atoms with E-state index in [-0.39, 0.29) is 17.2 Å². The van der Waals surface area contributed by atoms with Gasteiger partial charge in [0.1, 0.15) is 11.5 Å². The predicted molar refractivity (Wildman–Crippen MR) is 129 cm³/mol. The Bertz CT molecular complexity index is 1140. The number of thioether (sulfide) groups is 1. The van der Waals surface area contributed by atoms with Crippen LogP contribution >= 0.6 is 11.8 Å². The number of carboxylic acid groups (broad SMARTS) is 1. The number of hydrogen-bond donors (Lipinski definition) is 3. The van der Waals surface area contributed by atoms with E-state index in [9.17, 15) is 14.4 Å². The Labute approximate surface area is 195 Å². The first-order chi connectivity index (χ1) is 15.9. The lowest BCUT2D eigenvalue weighted by Gasteiger charge is -2.08. The van der Waals surface area contributed by atoms with Gasteiger partial charge in [-0.15, -0.1) is 11.8 Å². The van der Waals surface area contributed by atoms with Crippen LogP contribution in [-0.2, 0) is 14.4 Å². The molecule has 3 N–H and O–H groups in total. The lowest BCUT2D eigenvalue weighted by Crippen LogP contribution is -2.13. The molecule has 3 rings (SSSR count). The minimum atomic E-state index is -1.15. The highest BCUT2D eigenvalue weighted by Gasteiger charge is 2.07. The summed E-state index contributed by atoms with van der Waals surface area (Å²) in [5, 5.41) is 14.2. The van der Waals surface area contributed by atoms with Crippen molar-refractivity contribution in [3.8, 4) is 11.5 Å². The van der Waals surface area contributed by atoms with Crippen LogP contribution in [0.5, 0.6) is 11.5 Å². The van der Waals surface area contributed by atoms with Gasteiger partial charge in [0.25, 0.3) is 0 Å². The average molecular weight is 463 g/mol. The molecule has 0 saturated heterocycles. The molecule has 0 fully saturated rings. The molecule has 0 aliphatic heterocycles. The number of aliphatic carboxylic acids is 1. The number of benzene rings is 3. The summed E-state index contributed by atoms with van der Waals surface area (Å²) < 4.78 is 5.73. The number of carboxylic acids is 1. The van der Waals surface area contributed by atoms with Crippen LogP contribution in [-0.4, -0.2) is 28.6 Å². The lowest BCUT2D eigenvalue weighted by atomic mass is 10.2. The first-order valence-electron chi connectivity index (χ1n) is 9.97. The third kappa shape index (κ3) is 7.86. The van der Waals surface area contributed by atoms with Crippen LogP contribution in [0.15, 0.2) is 95.4 Å². The van der Waals surface area contributed by atoms with E-state index < -0.39 is 11.9 Å². The second-order valence-electron chi connectivity index (χ2n) is 6.92. The second kappa shape index (κ2) is 11.5. The van der Waals surface area contributed by atoms with Gasteiger partial charge in [-0.1, -0.05) is 18.2 Å². The lowest BCUT2D eigenvalue weighted by molar-refractivity contribution is -0.132. The summed E-state index contributed by atoms with van der Waals surface area (Å²) in [4.78, 5) is 35.7. The summed E-state index contributed by atoms with van der Waals surface area (Å²) in [6.45, 7) is 1.35. The van der Waals surface area contributed by atoms with Crippen molar-refractivity contribution in [2.45, 2.75) is 11.8 Å². The molecule has 0 bridgehead atoms. The monoisotopic (exact) mass is 462 g/mol. The maximum absolute atomic E-state index is 12.3. The zero-order valence-electron chi connectivity index (χ0n) is 17.8. The first-order valence-corrected chi connectivity index (χ1v) is 11.0. The molecule has 168 valence electrons. The van der Waals surface area contributed by atoms with Crippen LogP contribution in [0.3, 0.4) is 0 Å². The molecule has 0 radical (unpaired) electrons. The molecule has 7 nitrogen and oxygen atoms in total. The van der Waals surface area contributed by atoms with Crippen LogP contribution < -0.4 is 15.4 Å². The Kier molecular flexibility index (Phi) is 8.26. The molecule has 8 heteroatoms. The number of ether oxygens (including phenoxy) is 1. The first kappa shape index (κ1) is 23.6. The Morgan fingerprint density at radius 3 is 2.06 bits per heavy atom. The molecule has 0 unspecified atom stereocenters. The number of nitrogens with one attached hydrogen (secondary N) is 2. The molecular formula is C25H22N2O5S. The summed E-state index contributed by atoms with van der Waals surface area (Å²) in [6.07, 6.45) is 1.02. The minimum absolute atomic E-state index is 0.0518. The highest BCUT2D eigenvalue weighted by molar-refractivity contribution is 8.00. The predicted octanol–water partition coefficient (Wildman–Crippen LogP) is 5.18. The highest BCUT2D eigenvalue weighted by Crippen LogP contribution is 2.24. The van der Waals surface area contributed by atoms with Crippen molar-refractivity contribution >= 4 is 40.9 Å². The molecule has 0 heterocycles. The number of carbonyl (C=O) groups is 3. The topological polar surface area (TPSA) is 105 Å². The Morgan fingerprint density at radius 1 is 0.848 bits per heavy atom. The number of hydrogen-bond acceptors (Lipinski definition) is 5. The van der Waals surface area contributed by atoms with E-state index in [1.807, 2.05) is 30.3 Å². The van der Waals surface area contributed by atoms with Gasteiger partial charge < -0.3 is 20.5 Å². The Balaban J connectivity index is 1.45. The number of rotatable bonds is 9. The molecule has 2 amide bonds. The van der Waals surface area contributed by atoms with E-state index in [0.29, 0.717) is 17.1 Å². The van der Waals surface area contributed by atoms with Crippen molar-refractivity contribution < 1.29 is 24.2 Å². The normalized spacial score (nSPS) is 10.9. The summed E-state index contributed by atoms with van der Waals surface area (Å²) >= 11 is 1.36. The van der Waals surface area contributed by atoms with Crippen LogP contribution in [0.4, 0.5) is 11.4 Å². The largest absolute Gasteiger partial charge is 0.478 e. The van der Waals surface area contributed by atoms with Gasteiger partial charge in [-0.3, -0.25) is 9.59 Å². The fraction of sp³-hybridized carbons (Fsp3) is 0.0800. The minimum Gasteiger partial charge on any atom is -0.478 e. The van der Waals surface area contributed by atoms with E-state index in [2.05, 4.69) is 10.6 Å². The van der Waals surface area contributed by atoms with Crippen molar-refractivity contribution in [2.24, 2.45) is 0 Å². The van der Waals surface area contributed by atoms with E-state index >= 15 is 0 Å². The van der Waals surface area contributed by atoms with Gasteiger partial charge in [-0.25, -0.2) is 4.79 Å². The highest BCUT2D eigenvalue weighted by atomic mass is 32.2. The summed E-state index contributed by atoms with van der Waals surface area (Å²) in [5.74, 6) is -0.184.